The van der Waals surface area contributed by atoms with Gasteiger partial charge < -0.3 is 9.88 Å². The number of aromatic nitrogens is 2. The molecule has 4 aromatic rings. The molecule has 0 fully saturated rings. The topological polar surface area (TPSA) is 49.0 Å². The predicted octanol–water partition coefficient (Wildman–Crippen LogP) is 4.33. The van der Waals surface area contributed by atoms with Crippen molar-refractivity contribution in [3.8, 4) is 12.3 Å². The molecule has 4 heteroatoms. The third-order valence-corrected chi connectivity index (χ3v) is 5.54. The Morgan fingerprint density at radius 3 is 2.79 bits per heavy atom. The summed E-state index contributed by atoms with van der Waals surface area (Å²) in [6, 6.07) is 21.1. The fourth-order valence-electron chi connectivity index (χ4n) is 4.21. The van der Waals surface area contributed by atoms with Crippen LogP contribution in [-0.4, -0.2) is 27.3 Å². The second kappa shape index (κ2) is 6.96. The summed E-state index contributed by atoms with van der Waals surface area (Å²) in [5, 5.41) is 1.21. The van der Waals surface area contributed by atoms with Gasteiger partial charge in [0.25, 0.3) is 5.91 Å². The molecule has 3 heterocycles. The van der Waals surface area contributed by atoms with Gasteiger partial charge in [-0.25, -0.2) is 0 Å². The van der Waals surface area contributed by atoms with Crippen molar-refractivity contribution in [3.63, 3.8) is 0 Å². The van der Waals surface area contributed by atoms with E-state index < -0.39 is 0 Å². The number of para-hydroxylation sites is 1. The molecular formula is C25H19N3O. The first-order valence-electron chi connectivity index (χ1n) is 9.64. The number of hydrogen-bond acceptors (Lipinski definition) is 2. The Balaban J connectivity index is 1.65. The molecule has 0 bridgehead atoms. The van der Waals surface area contributed by atoms with Crippen LogP contribution in [-0.2, 0) is 6.42 Å². The minimum Gasteiger partial charge on any atom is -0.356 e. The number of nitrogens with one attached hydrogen (secondary N) is 1. The largest absolute Gasteiger partial charge is 0.356 e. The van der Waals surface area contributed by atoms with Gasteiger partial charge in [-0.2, -0.15) is 0 Å². The number of pyridine rings is 1. The maximum absolute atomic E-state index is 13.5. The average molecular weight is 377 g/mol. The third kappa shape index (κ3) is 2.88. The monoisotopic (exact) mass is 377 g/mol. The number of fused-ring (bicyclic) bond motifs is 3. The molecule has 0 spiro atoms. The maximum Gasteiger partial charge on any atom is 0.254 e. The Morgan fingerprint density at radius 1 is 1.10 bits per heavy atom. The van der Waals surface area contributed by atoms with Gasteiger partial charge in [0.05, 0.1) is 5.69 Å². The van der Waals surface area contributed by atoms with Crippen LogP contribution >= 0.6 is 0 Å². The van der Waals surface area contributed by atoms with Gasteiger partial charge >= 0.3 is 0 Å². The lowest BCUT2D eigenvalue weighted by Crippen LogP contribution is -2.41. The van der Waals surface area contributed by atoms with E-state index in [4.69, 9.17) is 6.42 Å². The normalized spacial score (nSPS) is 15.7. The van der Waals surface area contributed by atoms with E-state index in [1.54, 1.807) is 12.3 Å². The molecule has 1 unspecified atom stereocenters. The summed E-state index contributed by atoms with van der Waals surface area (Å²) in [5.41, 5.74) is 5.54. The van der Waals surface area contributed by atoms with Crippen LogP contribution in [0.25, 0.3) is 10.9 Å². The molecule has 4 nitrogen and oxygen atoms in total. The highest BCUT2D eigenvalue weighted by atomic mass is 16.2. The van der Waals surface area contributed by atoms with Crippen LogP contribution in [0.3, 0.4) is 0 Å². The first-order chi connectivity index (χ1) is 14.3. The van der Waals surface area contributed by atoms with E-state index in [9.17, 15) is 4.79 Å². The Labute approximate surface area is 169 Å². The number of terminal acetylenes is 1. The molecule has 1 atom stereocenters. The highest BCUT2D eigenvalue weighted by Crippen LogP contribution is 2.38. The molecule has 29 heavy (non-hydrogen) atoms. The van der Waals surface area contributed by atoms with Gasteiger partial charge in [-0.05, 0) is 48.4 Å². The van der Waals surface area contributed by atoms with E-state index in [-0.39, 0.29) is 11.9 Å². The fourth-order valence-corrected chi connectivity index (χ4v) is 4.21. The first kappa shape index (κ1) is 17.3. The molecule has 2 aromatic carbocycles. The van der Waals surface area contributed by atoms with E-state index in [0.717, 1.165) is 23.3 Å². The molecule has 0 saturated carbocycles. The van der Waals surface area contributed by atoms with Crippen LogP contribution in [0.2, 0.25) is 0 Å². The summed E-state index contributed by atoms with van der Waals surface area (Å²) >= 11 is 0. The van der Waals surface area contributed by atoms with Crippen LogP contribution in [0.4, 0.5) is 0 Å². The molecule has 0 saturated heterocycles. The van der Waals surface area contributed by atoms with Crippen molar-refractivity contribution in [3.05, 3.63) is 101 Å². The SMILES string of the molecule is C#Cc1cccc(C(=O)N2CCc3c([nH]c4ccccc34)C2c2ccccn2)c1. The number of H-pyrrole nitrogens is 1. The Morgan fingerprint density at radius 2 is 1.97 bits per heavy atom. The number of carbonyl (C=O) groups excluding carboxylic acids is 1. The van der Waals surface area contributed by atoms with E-state index in [0.29, 0.717) is 17.7 Å². The molecule has 1 aliphatic heterocycles. The number of carbonyl (C=O) groups is 1. The number of benzene rings is 2. The van der Waals surface area contributed by atoms with Crippen LogP contribution in [0.5, 0.6) is 0 Å². The average Bonchev–Trinajstić information content (AvgIpc) is 3.17. The smallest absolute Gasteiger partial charge is 0.254 e. The van der Waals surface area contributed by atoms with Crippen LogP contribution in [0, 0.1) is 12.3 Å². The highest BCUT2D eigenvalue weighted by molar-refractivity contribution is 5.96. The second-order valence-corrected chi connectivity index (χ2v) is 7.19. The summed E-state index contributed by atoms with van der Waals surface area (Å²) < 4.78 is 0. The van der Waals surface area contributed by atoms with Crippen molar-refractivity contribution < 1.29 is 4.79 Å². The number of nitrogens with zero attached hydrogens (tertiary/aromatic N) is 2. The summed E-state index contributed by atoms with van der Waals surface area (Å²) in [6.07, 6.45) is 8.10. The minimum absolute atomic E-state index is 0.0398. The zero-order chi connectivity index (χ0) is 19.8. The molecule has 1 aliphatic rings. The number of aromatic amines is 1. The van der Waals surface area contributed by atoms with E-state index in [1.807, 2.05) is 47.4 Å². The Hall–Kier alpha value is -3.84. The molecule has 5 rings (SSSR count). The number of rotatable bonds is 2. The molecule has 1 amide bonds. The van der Waals surface area contributed by atoms with Crippen LogP contribution in [0.15, 0.2) is 72.9 Å². The zero-order valence-corrected chi connectivity index (χ0v) is 15.8. The van der Waals surface area contributed by atoms with Gasteiger partial charge in [-0.3, -0.25) is 9.78 Å². The zero-order valence-electron chi connectivity index (χ0n) is 15.8. The van der Waals surface area contributed by atoms with Gasteiger partial charge in [0.15, 0.2) is 0 Å². The molecule has 1 N–H and O–H groups in total. The maximum atomic E-state index is 13.5. The molecule has 2 aromatic heterocycles. The lowest BCUT2D eigenvalue weighted by atomic mass is 9.94. The van der Waals surface area contributed by atoms with Crippen LogP contribution < -0.4 is 0 Å². The van der Waals surface area contributed by atoms with Gasteiger partial charge in [0, 0.05) is 40.5 Å². The highest BCUT2D eigenvalue weighted by Gasteiger charge is 2.35. The lowest BCUT2D eigenvalue weighted by Gasteiger charge is -2.35. The van der Waals surface area contributed by atoms with Gasteiger partial charge in [-0.1, -0.05) is 36.3 Å². The minimum atomic E-state index is -0.269. The van der Waals surface area contributed by atoms with Crippen molar-refractivity contribution >= 4 is 16.8 Å². The summed E-state index contributed by atoms with van der Waals surface area (Å²) in [5.74, 6) is 2.57. The van der Waals surface area contributed by atoms with Crippen molar-refractivity contribution in [2.45, 2.75) is 12.5 Å². The van der Waals surface area contributed by atoms with Crippen molar-refractivity contribution in [2.75, 3.05) is 6.54 Å². The quantitative estimate of drug-likeness (QED) is 0.529. The van der Waals surface area contributed by atoms with Crippen molar-refractivity contribution in [1.82, 2.24) is 14.9 Å². The first-order valence-corrected chi connectivity index (χ1v) is 9.64. The Kier molecular flexibility index (Phi) is 4.14. The van der Waals surface area contributed by atoms with Gasteiger partial charge in [0.1, 0.15) is 6.04 Å². The number of amides is 1. The van der Waals surface area contributed by atoms with Crippen molar-refractivity contribution in [2.24, 2.45) is 0 Å². The summed E-state index contributed by atoms with van der Waals surface area (Å²) in [7, 11) is 0. The second-order valence-electron chi connectivity index (χ2n) is 7.19. The predicted molar refractivity (Wildman–Crippen MR) is 113 cm³/mol. The molecule has 0 aliphatic carbocycles. The fraction of sp³-hybridized carbons (Fsp3) is 0.120. The summed E-state index contributed by atoms with van der Waals surface area (Å²) in [4.78, 5) is 23.5. The summed E-state index contributed by atoms with van der Waals surface area (Å²) in [6.45, 7) is 0.620. The molecule has 140 valence electrons. The van der Waals surface area contributed by atoms with E-state index in [1.165, 1.54) is 10.9 Å². The van der Waals surface area contributed by atoms with Crippen LogP contribution in [0.1, 0.15) is 38.9 Å². The van der Waals surface area contributed by atoms with Crippen molar-refractivity contribution in [1.29, 1.82) is 0 Å². The molecule has 0 radical (unpaired) electrons. The van der Waals surface area contributed by atoms with E-state index >= 15 is 0 Å². The van der Waals surface area contributed by atoms with Gasteiger partial charge in [-0.15, -0.1) is 6.42 Å². The van der Waals surface area contributed by atoms with E-state index in [2.05, 4.69) is 34.1 Å². The number of hydrogen-bond donors (Lipinski definition) is 1. The van der Waals surface area contributed by atoms with Gasteiger partial charge in [0.2, 0.25) is 0 Å². The Bertz CT molecular complexity index is 1250. The molecular weight excluding hydrogens is 358 g/mol. The standard InChI is InChI=1S/C25H19N3O/c1-2-17-8-7-9-18(16-17)25(29)28-15-13-20-19-10-3-4-11-21(19)27-23(20)24(28)22-12-5-6-14-26-22/h1,3-12,14,16,24,27H,13,15H2. The third-order valence-electron chi connectivity index (χ3n) is 5.54. The lowest BCUT2D eigenvalue weighted by molar-refractivity contribution is 0.0688.